The molecule has 0 aliphatic carbocycles. The molecule has 0 atom stereocenters. The zero-order chi connectivity index (χ0) is 14.8. The first-order chi connectivity index (χ1) is 9.47. The highest BCUT2D eigenvalue weighted by atomic mass is 32.2. The van der Waals surface area contributed by atoms with Crippen LogP contribution in [0.1, 0.15) is 12.6 Å². The zero-order valence-corrected chi connectivity index (χ0v) is 12.4. The first-order valence-electron chi connectivity index (χ1n) is 6.16. The molecule has 2 aromatic heterocycles. The van der Waals surface area contributed by atoms with Crippen molar-refractivity contribution < 1.29 is 8.42 Å². The summed E-state index contributed by atoms with van der Waals surface area (Å²) in [5.74, 6) is 0.307. The number of sulfonamides is 1. The Hall–Kier alpha value is -2.09. The van der Waals surface area contributed by atoms with Crippen LogP contribution in [0, 0.1) is 0 Å². The molecule has 0 aliphatic heterocycles. The molecular formula is C12H17N5O2S. The molecule has 2 rings (SSSR count). The predicted octanol–water partition coefficient (Wildman–Crippen LogP) is 1.22. The third-order valence-corrected chi connectivity index (χ3v) is 4.18. The molecule has 2 heterocycles. The molecule has 0 saturated heterocycles. The summed E-state index contributed by atoms with van der Waals surface area (Å²) in [5, 5.41) is 6.98. The van der Waals surface area contributed by atoms with E-state index in [9.17, 15) is 8.42 Å². The summed E-state index contributed by atoms with van der Waals surface area (Å²) < 4.78 is 29.0. The molecule has 8 heteroatoms. The van der Waals surface area contributed by atoms with Gasteiger partial charge in [-0.15, -0.1) is 0 Å². The molecule has 0 spiro atoms. The second-order valence-electron chi connectivity index (χ2n) is 4.22. The topological polar surface area (TPSA) is 88.9 Å². The zero-order valence-electron chi connectivity index (χ0n) is 11.6. The van der Waals surface area contributed by atoms with Gasteiger partial charge in [-0.3, -0.25) is 9.40 Å². The van der Waals surface area contributed by atoms with Crippen molar-refractivity contribution in [1.29, 1.82) is 0 Å². The molecule has 108 valence electrons. The maximum Gasteiger partial charge on any atom is 0.265 e. The van der Waals surface area contributed by atoms with Crippen molar-refractivity contribution >= 4 is 21.5 Å². The van der Waals surface area contributed by atoms with Gasteiger partial charge in [0, 0.05) is 26.5 Å². The highest BCUT2D eigenvalue weighted by molar-refractivity contribution is 7.92. The van der Waals surface area contributed by atoms with Gasteiger partial charge in [-0.25, -0.2) is 13.4 Å². The largest absolute Gasteiger partial charge is 0.372 e. The fourth-order valence-corrected chi connectivity index (χ4v) is 3.11. The number of nitrogens with one attached hydrogen (secondary N) is 2. The minimum atomic E-state index is -3.70. The molecular weight excluding hydrogens is 278 g/mol. The van der Waals surface area contributed by atoms with Crippen LogP contribution in [-0.2, 0) is 23.5 Å². The summed E-state index contributed by atoms with van der Waals surface area (Å²) in [4.78, 5) is 4.11. The van der Waals surface area contributed by atoms with Gasteiger partial charge >= 0.3 is 0 Å². The number of rotatable bonds is 5. The van der Waals surface area contributed by atoms with Crippen LogP contribution in [0.2, 0.25) is 0 Å². The van der Waals surface area contributed by atoms with E-state index >= 15 is 0 Å². The minimum absolute atomic E-state index is 0.105. The van der Waals surface area contributed by atoms with E-state index in [1.807, 2.05) is 6.92 Å². The second-order valence-corrected chi connectivity index (χ2v) is 5.87. The van der Waals surface area contributed by atoms with Crippen LogP contribution in [0.3, 0.4) is 0 Å². The molecule has 2 aromatic rings. The quantitative estimate of drug-likeness (QED) is 0.865. The minimum Gasteiger partial charge on any atom is -0.372 e. The average molecular weight is 295 g/mol. The maximum atomic E-state index is 12.4. The Labute approximate surface area is 118 Å². The van der Waals surface area contributed by atoms with Crippen molar-refractivity contribution in [2.75, 3.05) is 17.1 Å². The predicted molar refractivity (Wildman–Crippen MR) is 77.2 cm³/mol. The van der Waals surface area contributed by atoms with Gasteiger partial charge in [0.05, 0.1) is 11.4 Å². The molecule has 0 bridgehead atoms. The van der Waals surface area contributed by atoms with Crippen molar-refractivity contribution in [2.45, 2.75) is 18.2 Å². The van der Waals surface area contributed by atoms with Crippen molar-refractivity contribution in [1.82, 2.24) is 14.8 Å². The first kappa shape index (κ1) is 14.3. The lowest BCUT2D eigenvalue weighted by Crippen LogP contribution is -2.15. The molecule has 7 nitrogen and oxygen atoms in total. The van der Waals surface area contributed by atoms with Crippen molar-refractivity contribution in [3.63, 3.8) is 0 Å². The number of pyridine rings is 1. The van der Waals surface area contributed by atoms with Crippen LogP contribution in [0.5, 0.6) is 0 Å². The van der Waals surface area contributed by atoms with Crippen LogP contribution in [0.15, 0.2) is 29.4 Å². The molecule has 0 aromatic carbocycles. The van der Waals surface area contributed by atoms with E-state index in [1.165, 1.54) is 12.3 Å². The molecule has 0 aliphatic rings. The Morgan fingerprint density at radius 2 is 2.15 bits per heavy atom. The Balaban J connectivity index is 2.40. The number of nitrogens with zero attached hydrogens (tertiary/aromatic N) is 3. The van der Waals surface area contributed by atoms with Crippen LogP contribution in [0.25, 0.3) is 0 Å². The molecule has 20 heavy (non-hydrogen) atoms. The summed E-state index contributed by atoms with van der Waals surface area (Å²) in [6, 6.07) is 3.09. The number of aryl methyl sites for hydroxylation is 2. The Morgan fingerprint density at radius 1 is 1.40 bits per heavy atom. The third-order valence-electron chi connectivity index (χ3n) is 2.78. The van der Waals surface area contributed by atoms with Gasteiger partial charge in [0.1, 0.15) is 10.7 Å². The SMILES string of the molecule is CCc1nn(C)cc1NS(=O)(=O)c1cccnc1NC. The molecule has 0 saturated carbocycles. The molecule has 0 radical (unpaired) electrons. The van der Waals surface area contributed by atoms with E-state index in [2.05, 4.69) is 20.1 Å². The summed E-state index contributed by atoms with van der Waals surface area (Å²) in [6.45, 7) is 1.92. The van der Waals surface area contributed by atoms with Gasteiger partial charge in [0.15, 0.2) is 0 Å². The first-order valence-corrected chi connectivity index (χ1v) is 7.64. The molecule has 2 N–H and O–H groups in total. The Bertz CT molecular complexity index is 708. The molecule has 0 amide bonds. The van der Waals surface area contributed by atoms with E-state index in [1.54, 1.807) is 31.0 Å². The average Bonchev–Trinajstić information content (AvgIpc) is 2.77. The number of aromatic nitrogens is 3. The van der Waals surface area contributed by atoms with Crippen LogP contribution >= 0.6 is 0 Å². The number of anilines is 2. The fraction of sp³-hybridized carbons (Fsp3) is 0.333. The van der Waals surface area contributed by atoms with E-state index in [0.29, 0.717) is 23.6 Å². The third kappa shape index (κ3) is 2.74. The van der Waals surface area contributed by atoms with Gasteiger partial charge in [-0.1, -0.05) is 6.92 Å². The van der Waals surface area contributed by atoms with Crippen molar-refractivity contribution in [3.05, 3.63) is 30.2 Å². The molecule has 0 unspecified atom stereocenters. The van der Waals surface area contributed by atoms with Crippen molar-refractivity contribution in [2.24, 2.45) is 7.05 Å². The number of hydrogen-bond acceptors (Lipinski definition) is 5. The van der Waals surface area contributed by atoms with Gasteiger partial charge in [0.2, 0.25) is 0 Å². The van der Waals surface area contributed by atoms with Gasteiger partial charge in [-0.05, 0) is 18.6 Å². The summed E-state index contributed by atoms with van der Waals surface area (Å²) in [7, 11) is -0.326. The second kappa shape index (κ2) is 5.49. The van der Waals surface area contributed by atoms with Gasteiger partial charge in [-0.2, -0.15) is 5.10 Å². The Kier molecular flexibility index (Phi) is 3.93. The van der Waals surface area contributed by atoms with Crippen molar-refractivity contribution in [3.8, 4) is 0 Å². The van der Waals surface area contributed by atoms with E-state index in [0.717, 1.165) is 0 Å². The Morgan fingerprint density at radius 3 is 2.80 bits per heavy atom. The fourth-order valence-electron chi connectivity index (χ4n) is 1.88. The molecule has 0 fully saturated rings. The summed E-state index contributed by atoms with van der Waals surface area (Å²) in [5.41, 5.74) is 1.19. The number of hydrogen-bond donors (Lipinski definition) is 2. The lowest BCUT2D eigenvalue weighted by Gasteiger charge is -2.10. The smallest absolute Gasteiger partial charge is 0.265 e. The normalized spacial score (nSPS) is 11.3. The van der Waals surface area contributed by atoms with E-state index < -0.39 is 10.0 Å². The van der Waals surface area contributed by atoms with Gasteiger partial charge < -0.3 is 5.32 Å². The monoisotopic (exact) mass is 295 g/mol. The lowest BCUT2D eigenvalue weighted by molar-refractivity contribution is 0.601. The summed E-state index contributed by atoms with van der Waals surface area (Å²) in [6.07, 6.45) is 3.82. The van der Waals surface area contributed by atoms with Crippen LogP contribution in [0.4, 0.5) is 11.5 Å². The van der Waals surface area contributed by atoms with E-state index in [4.69, 9.17) is 0 Å². The highest BCUT2D eigenvalue weighted by Gasteiger charge is 2.21. The standard InChI is InChI=1S/C12H17N5O2S/c1-4-9-10(8-17(3)15-9)16-20(18,19)11-6-5-7-14-12(11)13-2/h5-8,16H,4H2,1-3H3,(H,13,14). The summed E-state index contributed by atoms with van der Waals surface area (Å²) >= 11 is 0. The van der Waals surface area contributed by atoms with E-state index in [-0.39, 0.29) is 4.90 Å². The van der Waals surface area contributed by atoms with Gasteiger partial charge in [0.25, 0.3) is 10.0 Å². The maximum absolute atomic E-state index is 12.4. The highest BCUT2D eigenvalue weighted by Crippen LogP contribution is 2.23. The lowest BCUT2D eigenvalue weighted by atomic mass is 10.3. The van der Waals surface area contributed by atoms with Crippen LogP contribution < -0.4 is 10.0 Å². The van der Waals surface area contributed by atoms with Crippen LogP contribution in [-0.4, -0.2) is 30.2 Å².